The molecule has 0 saturated carbocycles. The third kappa shape index (κ3) is 1.55. The third-order valence-corrected chi connectivity index (χ3v) is 2.30. The van der Waals surface area contributed by atoms with Gasteiger partial charge < -0.3 is 20.4 Å². The first-order valence-electron chi connectivity index (χ1n) is 4.68. The molecule has 0 spiro atoms. The van der Waals surface area contributed by atoms with Crippen molar-refractivity contribution in [1.29, 1.82) is 0 Å². The van der Waals surface area contributed by atoms with Crippen molar-refractivity contribution < 1.29 is 25.2 Å². The first-order valence-corrected chi connectivity index (χ1v) is 4.68. The highest BCUT2D eigenvalue weighted by Gasteiger charge is 2.26. The minimum absolute atomic E-state index is 0.188. The number of hydrogen-bond donors (Lipinski definition) is 4. The van der Waals surface area contributed by atoms with Gasteiger partial charge in [0.2, 0.25) is 23.3 Å². The Morgan fingerprint density at radius 1 is 0.882 bits per heavy atom. The van der Waals surface area contributed by atoms with Crippen molar-refractivity contribution in [3.63, 3.8) is 0 Å². The lowest BCUT2D eigenvalue weighted by Crippen LogP contribution is -2.10. The van der Waals surface area contributed by atoms with Crippen LogP contribution in [0, 0.1) is 0 Å². The van der Waals surface area contributed by atoms with E-state index in [4.69, 9.17) is 0 Å². The highest BCUT2D eigenvalue weighted by Crippen LogP contribution is 2.45. The maximum absolute atomic E-state index is 11.9. The number of aromatic hydroxyl groups is 4. The quantitative estimate of drug-likeness (QED) is 0.590. The van der Waals surface area contributed by atoms with Crippen LogP contribution in [0.15, 0.2) is 30.3 Å². The van der Waals surface area contributed by atoms with Gasteiger partial charge in [-0.1, -0.05) is 18.2 Å². The van der Waals surface area contributed by atoms with Crippen LogP contribution in [-0.2, 0) is 0 Å². The van der Waals surface area contributed by atoms with Crippen LogP contribution in [-0.4, -0.2) is 30.9 Å². The molecule has 0 saturated heterocycles. The van der Waals surface area contributed by atoms with Crippen LogP contribution in [0.5, 0.6) is 23.3 Å². The van der Waals surface area contributed by atoms with Gasteiger partial charge in [0.05, 0.1) is 0 Å². The van der Waals surface area contributed by atoms with Crippen molar-refractivity contribution >= 4 is 5.91 Å². The molecule has 1 heterocycles. The lowest BCUT2D eigenvalue weighted by atomic mass is 10.2. The van der Waals surface area contributed by atoms with Crippen molar-refractivity contribution in [2.45, 2.75) is 0 Å². The summed E-state index contributed by atoms with van der Waals surface area (Å²) in [6, 6.07) is 7.83. The summed E-state index contributed by atoms with van der Waals surface area (Å²) in [4.78, 5) is 11.9. The zero-order valence-corrected chi connectivity index (χ0v) is 8.53. The molecule has 6 heteroatoms. The van der Waals surface area contributed by atoms with Gasteiger partial charge in [-0.05, 0) is 12.1 Å². The second-order valence-corrected chi connectivity index (χ2v) is 3.35. The van der Waals surface area contributed by atoms with Gasteiger partial charge in [0.25, 0.3) is 5.91 Å². The second-order valence-electron chi connectivity index (χ2n) is 3.35. The summed E-state index contributed by atoms with van der Waals surface area (Å²) in [7, 11) is 0. The van der Waals surface area contributed by atoms with Crippen LogP contribution >= 0.6 is 0 Å². The summed E-state index contributed by atoms with van der Waals surface area (Å²) in [6.45, 7) is 0. The highest BCUT2D eigenvalue weighted by molar-refractivity contribution is 5.99. The summed E-state index contributed by atoms with van der Waals surface area (Å²) in [5, 5.41) is 37.1. The van der Waals surface area contributed by atoms with E-state index in [1.54, 1.807) is 18.2 Å². The van der Waals surface area contributed by atoms with Crippen LogP contribution < -0.4 is 0 Å². The van der Waals surface area contributed by atoms with Crippen molar-refractivity contribution in [2.24, 2.45) is 0 Å². The summed E-state index contributed by atoms with van der Waals surface area (Å²) < 4.78 is 0.417. The van der Waals surface area contributed by atoms with Crippen LogP contribution in [0.2, 0.25) is 0 Å². The van der Waals surface area contributed by atoms with Gasteiger partial charge in [-0.3, -0.25) is 4.79 Å². The fraction of sp³-hybridized carbons (Fsp3) is 0. The highest BCUT2D eigenvalue weighted by atomic mass is 16.4. The molecule has 6 nitrogen and oxygen atoms in total. The summed E-state index contributed by atoms with van der Waals surface area (Å²) in [5.41, 5.74) is 0.188. The molecule has 0 radical (unpaired) electrons. The van der Waals surface area contributed by atoms with Gasteiger partial charge in [-0.25, -0.2) is 4.57 Å². The Kier molecular flexibility index (Phi) is 2.40. The number of rotatable bonds is 1. The zero-order chi connectivity index (χ0) is 12.6. The predicted octanol–water partition coefficient (Wildman–Crippen LogP) is 0.999. The van der Waals surface area contributed by atoms with Gasteiger partial charge >= 0.3 is 0 Å². The lowest BCUT2D eigenvalue weighted by molar-refractivity contribution is 0.0940. The molecule has 0 atom stereocenters. The summed E-state index contributed by atoms with van der Waals surface area (Å²) >= 11 is 0. The number of carbonyl (C=O) groups is 1. The molecule has 17 heavy (non-hydrogen) atoms. The molecular weight excluding hydrogens is 226 g/mol. The standard InChI is InChI=1S/C11H9NO5/c13-7-8(14)11(17)12(10(7)16)9(15)6-4-2-1-3-5-6/h1-5,13-14,16-17H. The number of aromatic nitrogens is 1. The van der Waals surface area contributed by atoms with E-state index in [1.165, 1.54) is 12.1 Å². The molecule has 0 aliphatic heterocycles. The maximum atomic E-state index is 11.9. The van der Waals surface area contributed by atoms with Gasteiger partial charge in [-0.2, -0.15) is 0 Å². The van der Waals surface area contributed by atoms with Crippen LogP contribution in [0.4, 0.5) is 0 Å². The first kappa shape index (κ1) is 10.9. The zero-order valence-electron chi connectivity index (χ0n) is 8.53. The molecular formula is C11H9NO5. The number of carbonyl (C=O) groups excluding carboxylic acids is 1. The van der Waals surface area contributed by atoms with Gasteiger partial charge in [0.1, 0.15) is 0 Å². The van der Waals surface area contributed by atoms with E-state index in [0.717, 1.165) is 0 Å². The molecule has 0 aliphatic rings. The molecule has 0 amide bonds. The molecule has 2 rings (SSSR count). The Labute approximate surface area is 95.6 Å². The van der Waals surface area contributed by atoms with E-state index >= 15 is 0 Å². The lowest BCUT2D eigenvalue weighted by Gasteiger charge is -2.04. The van der Waals surface area contributed by atoms with Crippen molar-refractivity contribution in [2.75, 3.05) is 0 Å². The Hall–Kier alpha value is -2.63. The van der Waals surface area contributed by atoms with E-state index in [9.17, 15) is 25.2 Å². The summed E-state index contributed by atoms with van der Waals surface area (Å²) in [6.07, 6.45) is 0. The van der Waals surface area contributed by atoms with E-state index < -0.39 is 29.2 Å². The van der Waals surface area contributed by atoms with Crippen molar-refractivity contribution in [3.05, 3.63) is 35.9 Å². The van der Waals surface area contributed by atoms with Crippen LogP contribution in [0.3, 0.4) is 0 Å². The minimum Gasteiger partial charge on any atom is -0.500 e. The van der Waals surface area contributed by atoms with Crippen LogP contribution in [0.1, 0.15) is 10.4 Å². The average molecular weight is 235 g/mol. The molecule has 88 valence electrons. The van der Waals surface area contributed by atoms with Gasteiger partial charge in [0.15, 0.2) is 0 Å². The van der Waals surface area contributed by atoms with Crippen molar-refractivity contribution in [1.82, 2.24) is 4.57 Å². The monoisotopic (exact) mass is 235 g/mol. The fourth-order valence-corrected chi connectivity index (χ4v) is 1.43. The first-order chi connectivity index (χ1) is 8.04. The molecule has 2 aromatic rings. The third-order valence-electron chi connectivity index (χ3n) is 2.30. The Balaban J connectivity index is 2.56. The van der Waals surface area contributed by atoms with Crippen LogP contribution in [0.25, 0.3) is 0 Å². The van der Waals surface area contributed by atoms with E-state index in [1.807, 2.05) is 0 Å². The molecule has 1 aromatic heterocycles. The summed E-state index contributed by atoms with van der Waals surface area (Å²) in [5.74, 6) is -4.46. The Bertz CT molecular complexity index is 548. The average Bonchev–Trinajstić information content (AvgIpc) is 2.54. The normalized spacial score (nSPS) is 10.4. The molecule has 0 unspecified atom stereocenters. The molecule has 1 aromatic carbocycles. The van der Waals surface area contributed by atoms with Gasteiger partial charge in [0, 0.05) is 5.56 Å². The van der Waals surface area contributed by atoms with E-state index in [-0.39, 0.29) is 5.56 Å². The predicted molar refractivity (Wildman–Crippen MR) is 57.3 cm³/mol. The topological polar surface area (TPSA) is 103 Å². The number of hydrogen-bond acceptors (Lipinski definition) is 5. The molecule has 0 aliphatic carbocycles. The molecule has 0 bridgehead atoms. The number of nitrogens with zero attached hydrogens (tertiary/aromatic N) is 1. The van der Waals surface area contributed by atoms with Crippen molar-refractivity contribution in [3.8, 4) is 23.3 Å². The van der Waals surface area contributed by atoms with E-state index in [2.05, 4.69) is 0 Å². The molecule has 0 fully saturated rings. The van der Waals surface area contributed by atoms with E-state index in [0.29, 0.717) is 4.57 Å². The largest absolute Gasteiger partial charge is 0.500 e. The SMILES string of the molecule is O=C(c1ccccc1)n1c(O)c(O)c(O)c1O. The smallest absolute Gasteiger partial charge is 0.267 e. The maximum Gasteiger partial charge on any atom is 0.267 e. The van der Waals surface area contributed by atoms with Gasteiger partial charge in [-0.15, -0.1) is 0 Å². The second kappa shape index (κ2) is 3.75. The number of benzene rings is 1. The fourth-order valence-electron chi connectivity index (χ4n) is 1.43. The Morgan fingerprint density at radius 2 is 1.35 bits per heavy atom. The molecule has 4 N–H and O–H groups in total. The Morgan fingerprint density at radius 3 is 1.82 bits per heavy atom. The minimum atomic E-state index is -0.938.